The second-order valence-electron chi connectivity index (χ2n) is 2.21. The van der Waals surface area contributed by atoms with Gasteiger partial charge in [-0.25, -0.2) is 14.0 Å². The van der Waals surface area contributed by atoms with Crippen molar-refractivity contribution in [1.82, 2.24) is 4.98 Å². The molecule has 1 aromatic heterocycles. The number of rotatable bonds is 2. The molecular formula is C6H8N2O3S2. The van der Waals surface area contributed by atoms with E-state index in [1.54, 1.807) is 0 Å². The number of nitrogens with zero attached hydrogens (tertiary/aromatic N) is 1. The Morgan fingerprint density at radius 2 is 2.46 bits per heavy atom. The number of hydrogen-bond acceptors (Lipinski definition) is 5. The molecule has 1 aromatic rings. The van der Waals surface area contributed by atoms with Crippen LogP contribution in [0.4, 0.5) is 0 Å². The maximum Gasteiger partial charge on any atom is 0.349 e. The van der Waals surface area contributed by atoms with Gasteiger partial charge in [-0.2, -0.15) is 0 Å². The summed E-state index contributed by atoms with van der Waals surface area (Å²) in [7, 11) is -1.57. The molecule has 0 radical (unpaired) electrons. The Balaban J connectivity index is 3.07. The number of thiazole rings is 1. The molecule has 1 atom stereocenters. The van der Waals surface area contributed by atoms with E-state index in [1.165, 1.54) is 13.3 Å². The zero-order valence-corrected chi connectivity index (χ0v) is 8.48. The van der Waals surface area contributed by atoms with Gasteiger partial charge in [-0.05, 0) is 5.87 Å². The summed E-state index contributed by atoms with van der Waals surface area (Å²) in [4.78, 5) is 14.9. The first-order valence-corrected chi connectivity index (χ1v) is 5.75. The van der Waals surface area contributed by atoms with Gasteiger partial charge >= 0.3 is 5.97 Å². The van der Waals surface area contributed by atoms with E-state index < -0.39 is 15.7 Å². The number of aromatic nitrogens is 1. The quantitative estimate of drug-likeness (QED) is 0.556. The second-order valence-corrected chi connectivity index (χ2v) is 5.34. The fourth-order valence-electron chi connectivity index (χ4n) is 0.613. The average molecular weight is 220 g/mol. The monoisotopic (exact) mass is 220 g/mol. The molecule has 1 heterocycles. The maximum absolute atomic E-state index is 11.2. The van der Waals surface area contributed by atoms with Crippen LogP contribution in [-0.2, 0) is 14.4 Å². The Morgan fingerprint density at radius 3 is 2.85 bits per heavy atom. The molecular weight excluding hydrogens is 212 g/mol. The van der Waals surface area contributed by atoms with Crippen molar-refractivity contribution >= 4 is 32.9 Å². The largest absolute Gasteiger partial charge is 0.465 e. The number of carbonyl (C=O) groups is 1. The first-order chi connectivity index (χ1) is 5.95. The highest BCUT2D eigenvalue weighted by atomic mass is 32.2. The SMILES string of the molecule is C=S(N)(=O)c1ncc(C(=O)OC)s1. The van der Waals surface area contributed by atoms with E-state index in [-0.39, 0.29) is 9.22 Å². The molecule has 1 unspecified atom stereocenters. The molecule has 0 fully saturated rings. The van der Waals surface area contributed by atoms with Crippen LogP contribution in [0.15, 0.2) is 10.5 Å². The second kappa shape index (κ2) is 3.44. The number of ether oxygens (including phenoxy) is 1. The van der Waals surface area contributed by atoms with Crippen LogP contribution >= 0.6 is 11.3 Å². The molecule has 13 heavy (non-hydrogen) atoms. The van der Waals surface area contributed by atoms with Crippen LogP contribution in [0.5, 0.6) is 0 Å². The molecule has 0 aliphatic carbocycles. The highest BCUT2D eigenvalue weighted by molar-refractivity contribution is 7.99. The van der Waals surface area contributed by atoms with Crippen LogP contribution in [0.25, 0.3) is 0 Å². The first-order valence-electron chi connectivity index (χ1n) is 3.14. The van der Waals surface area contributed by atoms with Gasteiger partial charge in [0.05, 0.1) is 23.0 Å². The van der Waals surface area contributed by atoms with Crippen LogP contribution < -0.4 is 5.14 Å². The predicted octanol–water partition coefficient (Wildman–Crippen LogP) is -0.121. The molecule has 0 aliphatic rings. The lowest BCUT2D eigenvalue weighted by atomic mass is 10.6. The van der Waals surface area contributed by atoms with Gasteiger partial charge in [0.2, 0.25) is 0 Å². The number of hydrogen-bond donors (Lipinski definition) is 1. The van der Waals surface area contributed by atoms with Crippen molar-refractivity contribution in [3.63, 3.8) is 0 Å². The van der Waals surface area contributed by atoms with Crippen molar-refractivity contribution in [2.45, 2.75) is 4.34 Å². The molecule has 1 rings (SSSR count). The third-order valence-corrected chi connectivity index (χ3v) is 3.73. The third-order valence-electron chi connectivity index (χ3n) is 1.17. The summed E-state index contributed by atoms with van der Waals surface area (Å²) < 4.78 is 15.8. The lowest BCUT2D eigenvalue weighted by Crippen LogP contribution is -2.10. The fraction of sp³-hybridized carbons (Fsp3) is 0.167. The normalized spacial score (nSPS) is 14.9. The Hall–Kier alpha value is -0.920. The van der Waals surface area contributed by atoms with Gasteiger partial charge in [-0.1, -0.05) is 11.3 Å². The summed E-state index contributed by atoms with van der Waals surface area (Å²) in [6.07, 6.45) is 1.27. The van der Waals surface area contributed by atoms with E-state index >= 15 is 0 Å². The Kier molecular flexibility index (Phi) is 2.69. The van der Waals surface area contributed by atoms with Gasteiger partial charge in [-0.3, -0.25) is 5.14 Å². The van der Waals surface area contributed by atoms with Gasteiger partial charge in [0, 0.05) is 0 Å². The molecule has 2 N–H and O–H groups in total. The van der Waals surface area contributed by atoms with Crippen molar-refractivity contribution in [3.05, 3.63) is 11.1 Å². The summed E-state index contributed by atoms with van der Waals surface area (Å²) in [5.74, 6) is 2.72. The van der Waals surface area contributed by atoms with Crippen LogP contribution in [-0.4, -0.2) is 28.1 Å². The van der Waals surface area contributed by atoms with Crippen LogP contribution in [0.2, 0.25) is 0 Å². The van der Waals surface area contributed by atoms with Gasteiger partial charge < -0.3 is 4.74 Å². The molecule has 0 aromatic carbocycles. The maximum atomic E-state index is 11.2. The van der Waals surface area contributed by atoms with Gasteiger partial charge in [0.15, 0.2) is 4.34 Å². The minimum atomic E-state index is -2.82. The van der Waals surface area contributed by atoms with Crippen LogP contribution in [0, 0.1) is 0 Å². The highest BCUT2D eigenvalue weighted by Crippen LogP contribution is 2.16. The molecule has 5 nitrogen and oxygen atoms in total. The summed E-state index contributed by atoms with van der Waals surface area (Å²) in [6, 6.07) is 0. The molecule has 0 saturated heterocycles. The molecule has 0 bridgehead atoms. The number of methoxy groups -OCH3 is 1. The molecule has 0 aliphatic heterocycles. The Labute approximate surface area is 79.7 Å². The first kappa shape index (κ1) is 10.2. The standard InChI is InChI=1S/C6H8N2O3S2/c1-11-5(9)4-3-8-6(12-4)13(2,7)10/h3H,2H2,1H3,(H2,7,10). The van der Waals surface area contributed by atoms with Crippen LogP contribution in [0.3, 0.4) is 0 Å². The lowest BCUT2D eigenvalue weighted by molar-refractivity contribution is 0.0606. The Bertz CT molecular complexity index is 421. The van der Waals surface area contributed by atoms with E-state index in [0.29, 0.717) is 0 Å². The van der Waals surface area contributed by atoms with E-state index in [9.17, 15) is 9.00 Å². The van der Waals surface area contributed by atoms with E-state index in [0.717, 1.165) is 11.3 Å². The molecule has 72 valence electrons. The van der Waals surface area contributed by atoms with Gasteiger partial charge in [0.1, 0.15) is 4.88 Å². The number of nitrogens with two attached hydrogens (primary N) is 1. The fourth-order valence-corrected chi connectivity index (χ4v) is 2.24. The van der Waals surface area contributed by atoms with Crippen LogP contribution in [0.1, 0.15) is 9.67 Å². The smallest absolute Gasteiger partial charge is 0.349 e. The van der Waals surface area contributed by atoms with Crippen molar-refractivity contribution in [1.29, 1.82) is 0 Å². The summed E-state index contributed by atoms with van der Waals surface area (Å²) in [6.45, 7) is 0. The number of esters is 1. The van der Waals surface area contributed by atoms with E-state index in [4.69, 9.17) is 5.14 Å². The lowest BCUT2D eigenvalue weighted by Gasteiger charge is -1.93. The van der Waals surface area contributed by atoms with Gasteiger partial charge in [-0.15, -0.1) is 0 Å². The summed E-state index contributed by atoms with van der Waals surface area (Å²) >= 11 is 0.924. The minimum absolute atomic E-state index is 0.146. The average Bonchev–Trinajstić information content (AvgIpc) is 2.50. The zero-order valence-electron chi connectivity index (χ0n) is 6.85. The highest BCUT2D eigenvalue weighted by Gasteiger charge is 2.13. The summed E-state index contributed by atoms with van der Waals surface area (Å²) in [5.41, 5.74) is 0. The number of carbonyl (C=O) groups excluding carboxylic acids is 1. The summed E-state index contributed by atoms with van der Waals surface area (Å²) in [5, 5.41) is 5.22. The zero-order chi connectivity index (χ0) is 10.1. The van der Waals surface area contributed by atoms with Crippen molar-refractivity contribution in [3.8, 4) is 0 Å². The minimum Gasteiger partial charge on any atom is -0.465 e. The third kappa shape index (κ3) is 2.27. The van der Waals surface area contributed by atoms with Crippen molar-refractivity contribution in [2.24, 2.45) is 5.14 Å². The van der Waals surface area contributed by atoms with Crippen molar-refractivity contribution in [2.75, 3.05) is 7.11 Å². The topological polar surface area (TPSA) is 82.3 Å². The molecule has 0 amide bonds. The van der Waals surface area contributed by atoms with E-state index in [2.05, 4.69) is 15.6 Å². The molecule has 0 saturated carbocycles. The molecule has 7 heteroatoms. The molecule has 0 spiro atoms. The van der Waals surface area contributed by atoms with Crippen molar-refractivity contribution < 1.29 is 13.7 Å². The van der Waals surface area contributed by atoms with E-state index in [1.807, 2.05) is 0 Å². The Morgan fingerprint density at radius 1 is 1.85 bits per heavy atom. The predicted molar refractivity (Wildman–Crippen MR) is 51.2 cm³/mol. The van der Waals surface area contributed by atoms with Gasteiger partial charge in [0.25, 0.3) is 0 Å².